The molecule has 0 nitrogen and oxygen atoms in total. The quantitative estimate of drug-likeness (QED) is 0.0492. The Labute approximate surface area is 270 Å². The maximum Gasteiger partial charge on any atom is 0.00454 e. The van der Waals surface area contributed by atoms with E-state index in [9.17, 15) is 0 Å². The molecule has 0 amide bonds. The predicted octanol–water partition coefficient (Wildman–Crippen LogP) is 16.2. The van der Waals surface area contributed by atoms with Gasteiger partial charge in [0, 0.05) is 11.5 Å². The molecule has 0 rings (SSSR count). The molecule has 0 aliphatic heterocycles. The van der Waals surface area contributed by atoms with Gasteiger partial charge in [-0.3, -0.25) is 0 Å². The highest BCUT2D eigenvalue weighted by atomic mass is 33.7. The van der Waals surface area contributed by atoms with E-state index in [-0.39, 0.29) is 0 Å². The zero-order chi connectivity index (χ0) is 28.9. The van der Waals surface area contributed by atoms with Gasteiger partial charge in [-0.05, 0) is 32.5 Å². The topological polar surface area (TPSA) is 0 Å². The van der Waals surface area contributed by atoms with E-state index < -0.39 is 0 Å². The first-order valence-corrected chi connectivity index (χ1v) is 23.6. The fourth-order valence-corrected chi connectivity index (χ4v) is 11.8. The van der Waals surface area contributed by atoms with Crippen molar-refractivity contribution in [3.63, 3.8) is 0 Å². The Morgan fingerprint density at radius 1 is 0.225 bits per heavy atom. The van der Waals surface area contributed by atoms with Crippen molar-refractivity contribution in [1.82, 2.24) is 0 Å². The van der Waals surface area contributed by atoms with Crippen LogP contribution in [-0.2, 0) is 0 Å². The Kier molecular flexibility index (Phi) is 41.8. The van der Waals surface area contributed by atoms with Gasteiger partial charge < -0.3 is 0 Å². The normalized spacial score (nSPS) is 11.6. The summed E-state index contributed by atoms with van der Waals surface area (Å²) < 4.78 is 0. The van der Waals surface area contributed by atoms with Crippen LogP contribution in [0.2, 0.25) is 0 Å². The molecule has 0 heterocycles. The molecule has 0 atom stereocenters. The first-order chi connectivity index (χ1) is 19.9. The van der Waals surface area contributed by atoms with Crippen LogP contribution in [0.5, 0.6) is 0 Å². The van der Waals surface area contributed by atoms with Gasteiger partial charge >= 0.3 is 0 Å². The standard InChI is InChI=1S/C36H74S4/c1-3-5-7-9-11-13-15-17-19-21-23-25-27-29-31-33-35-37-39-40-38-36-34-32-30-28-26-24-22-20-18-16-14-12-10-8-6-4-2/h3-36H2,1-2H3. The molecule has 242 valence electrons. The van der Waals surface area contributed by atoms with E-state index in [1.54, 1.807) is 0 Å². The molecule has 0 aliphatic carbocycles. The van der Waals surface area contributed by atoms with Crippen molar-refractivity contribution < 1.29 is 0 Å². The first-order valence-electron chi connectivity index (χ1n) is 18.5. The smallest absolute Gasteiger partial charge is 0.00454 e. The van der Waals surface area contributed by atoms with Crippen LogP contribution in [0.15, 0.2) is 0 Å². The third-order valence-corrected chi connectivity index (χ3v) is 14.9. The van der Waals surface area contributed by atoms with Crippen molar-refractivity contribution in [2.24, 2.45) is 0 Å². The zero-order valence-electron chi connectivity index (χ0n) is 27.7. The summed E-state index contributed by atoms with van der Waals surface area (Å²) >= 11 is 0. The summed E-state index contributed by atoms with van der Waals surface area (Å²) in [7, 11) is 8.23. The van der Waals surface area contributed by atoms with Gasteiger partial charge in [0.1, 0.15) is 0 Å². The van der Waals surface area contributed by atoms with Crippen LogP contribution < -0.4 is 0 Å². The van der Waals surface area contributed by atoms with Crippen LogP contribution in [-0.4, -0.2) is 11.5 Å². The van der Waals surface area contributed by atoms with Crippen molar-refractivity contribution in [3.8, 4) is 0 Å². The van der Waals surface area contributed by atoms with Gasteiger partial charge in [-0.1, -0.05) is 228 Å². The molecule has 0 fully saturated rings. The Morgan fingerprint density at radius 2 is 0.400 bits per heavy atom. The van der Waals surface area contributed by atoms with Crippen LogP contribution >= 0.6 is 41.2 Å². The Balaban J connectivity index is 3.01. The predicted molar refractivity (Wildman–Crippen MR) is 199 cm³/mol. The average molecular weight is 635 g/mol. The largest absolute Gasteiger partial charge is 0.0817 e. The highest BCUT2D eigenvalue weighted by Crippen LogP contribution is 2.43. The Morgan fingerprint density at radius 3 is 0.600 bits per heavy atom. The lowest BCUT2D eigenvalue weighted by molar-refractivity contribution is 0.532. The maximum absolute atomic E-state index is 2.31. The van der Waals surface area contributed by atoms with Crippen LogP contribution in [0, 0.1) is 0 Å². The number of hydrogen-bond acceptors (Lipinski definition) is 4. The molecule has 0 aromatic heterocycles. The second-order valence-electron chi connectivity index (χ2n) is 12.4. The highest BCUT2D eigenvalue weighted by Gasteiger charge is 1.98. The van der Waals surface area contributed by atoms with Crippen molar-refractivity contribution in [2.75, 3.05) is 11.5 Å². The minimum absolute atomic E-state index is 1.34. The van der Waals surface area contributed by atoms with Crippen LogP contribution in [0.1, 0.15) is 219 Å². The van der Waals surface area contributed by atoms with E-state index in [0.717, 1.165) is 0 Å². The van der Waals surface area contributed by atoms with Crippen LogP contribution in [0.4, 0.5) is 0 Å². The molecular formula is C36H74S4. The van der Waals surface area contributed by atoms with Gasteiger partial charge in [0.25, 0.3) is 0 Å². The summed E-state index contributed by atoms with van der Waals surface area (Å²) in [5.41, 5.74) is 0. The van der Waals surface area contributed by atoms with E-state index in [4.69, 9.17) is 0 Å². The van der Waals surface area contributed by atoms with Gasteiger partial charge in [0.05, 0.1) is 0 Å². The molecule has 4 heteroatoms. The zero-order valence-corrected chi connectivity index (χ0v) is 30.9. The summed E-state index contributed by atoms with van der Waals surface area (Å²) in [5, 5.41) is 0. The van der Waals surface area contributed by atoms with E-state index in [1.807, 2.05) is 19.7 Å². The fraction of sp³-hybridized carbons (Fsp3) is 1.00. The number of hydrogen-bond donors (Lipinski definition) is 0. The van der Waals surface area contributed by atoms with Crippen LogP contribution in [0.25, 0.3) is 0 Å². The van der Waals surface area contributed by atoms with Gasteiger partial charge in [-0.2, -0.15) is 0 Å². The Bertz CT molecular complexity index is 380. The molecule has 0 bridgehead atoms. The SMILES string of the molecule is CCCCCCCCCCCCCCCCCCSSSSCCCCCCCCCCCCCCCCCC. The monoisotopic (exact) mass is 634 g/mol. The molecule has 0 N–H and O–H groups in total. The first kappa shape index (κ1) is 41.4. The molecule has 0 spiro atoms. The minimum atomic E-state index is 1.34. The molecule has 0 unspecified atom stereocenters. The van der Waals surface area contributed by atoms with E-state index in [2.05, 4.69) is 35.4 Å². The van der Waals surface area contributed by atoms with Gasteiger partial charge in [-0.15, -0.1) is 0 Å². The molecule has 40 heavy (non-hydrogen) atoms. The van der Waals surface area contributed by atoms with Crippen molar-refractivity contribution >= 4 is 41.2 Å². The number of unbranched alkanes of at least 4 members (excludes halogenated alkanes) is 30. The van der Waals surface area contributed by atoms with E-state index in [0.29, 0.717) is 0 Å². The summed E-state index contributed by atoms with van der Waals surface area (Å²) in [6.45, 7) is 4.61. The summed E-state index contributed by atoms with van der Waals surface area (Å²) in [6.07, 6.45) is 46.8. The summed E-state index contributed by atoms with van der Waals surface area (Å²) in [4.78, 5) is 0. The molecule has 0 aromatic rings. The lowest BCUT2D eigenvalue weighted by Gasteiger charge is -2.04. The third-order valence-electron chi connectivity index (χ3n) is 8.29. The van der Waals surface area contributed by atoms with Crippen molar-refractivity contribution in [2.45, 2.75) is 219 Å². The van der Waals surface area contributed by atoms with E-state index in [1.165, 1.54) is 217 Å². The Hall–Kier alpha value is 1.40. The van der Waals surface area contributed by atoms with E-state index >= 15 is 0 Å². The van der Waals surface area contributed by atoms with Crippen molar-refractivity contribution in [1.29, 1.82) is 0 Å². The van der Waals surface area contributed by atoms with Crippen LogP contribution in [0.3, 0.4) is 0 Å². The molecule has 0 aromatic carbocycles. The average Bonchev–Trinajstić information content (AvgIpc) is 2.97. The lowest BCUT2D eigenvalue weighted by atomic mass is 10.0. The molecule has 0 saturated carbocycles. The summed E-state index contributed by atoms with van der Waals surface area (Å²) in [6, 6.07) is 0. The molecule has 0 radical (unpaired) electrons. The summed E-state index contributed by atoms with van der Waals surface area (Å²) in [5.74, 6) is 2.69. The molecule has 0 saturated heterocycles. The van der Waals surface area contributed by atoms with Crippen molar-refractivity contribution in [3.05, 3.63) is 0 Å². The molecular weight excluding hydrogens is 561 g/mol. The second-order valence-corrected chi connectivity index (χ2v) is 18.6. The van der Waals surface area contributed by atoms with Gasteiger partial charge in [0.15, 0.2) is 0 Å². The fourth-order valence-electron chi connectivity index (χ4n) is 5.53. The van der Waals surface area contributed by atoms with Gasteiger partial charge in [0.2, 0.25) is 0 Å². The third kappa shape index (κ3) is 39.4. The number of rotatable bonds is 37. The maximum atomic E-state index is 2.31. The second kappa shape index (κ2) is 40.4. The molecule has 0 aliphatic rings. The highest BCUT2D eigenvalue weighted by molar-refractivity contribution is 9.26. The minimum Gasteiger partial charge on any atom is -0.0817 e. The lowest BCUT2D eigenvalue weighted by Crippen LogP contribution is -1.84. The van der Waals surface area contributed by atoms with Gasteiger partial charge in [-0.25, -0.2) is 0 Å².